The fourth-order valence-electron chi connectivity index (χ4n) is 4.53. The van der Waals surface area contributed by atoms with E-state index in [4.69, 9.17) is 14.2 Å². The summed E-state index contributed by atoms with van der Waals surface area (Å²) in [5, 5.41) is 11.8. The summed E-state index contributed by atoms with van der Waals surface area (Å²) in [7, 11) is 0. The zero-order valence-electron chi connectivity index (χ0n) is 23.2. The van der Waals surface area contributed by atoms with Gasteiger partial charge in [0.2, 0.25) is 6.29 Å². The molecule has 0 saturated carbocycles. The predicted octanol–water partition coefficient (Wildman–Crippen LogP) is 6.09. The molecule has 1 amide bonds. The van der Waals surface area contributed by atoms with Crippen LogP contribution in [0.15, 0.2) is 48.5 Å². The Labute approximate surface area is 234 Å². The molecule has 5 atom stereocenters. The smallest absolute Gasteiger partial charge is 0.410 e. The molecule has 2 aromatic rings. The largest absolute Gasteiger partial charge is 0.457 e. The molecule has 0 aromatic heterocycles. The average Bonchev–Trinajstić information content (AvgIpc) is 2.92. The number of hydrogen-bond donors (Lipinski definition) is 0. The first kappa shape index (κ1) is 30.4. The lowest BCUT2D eigenvalue weighted by molar-refractivity contribution is -0.386. The fraction of sp³-hybridized carbons (Fsp3) is 0.517. The molecular formula is C29H38N2O7S. The van der Waals surface area contributed by atoms with E-state index in [0.717, 1.165) is 12.2 Å². The Bertz CT molecular complexity index is 1130. The minimum absolute atomic E-state index is 0.00865. The highest BCUT2D eigenvalue weighted by Gasteiger charge is 2.42. The molecule has 1 aliphatic rings. The summed E-state index contributed by atoms with van der Waals surface area (Å²) in [5.41, 5.74) is 1.46. The Morgan fingerprint density at radius 3 is 2.41 bits per heavy atom. The second-order valence-corrected chi connectivity index (χ2v) is 11.0. The van der Waals surface area contributed by atoms with Gasteiger partial charge < -0.3 is 14.2 Å². The van der Waals surface area contributed by atoms with Gasteiger partial charge in [0.15, 0.2) is 11.5 Å². The predicted molar refractivity (Wildman–Crippen MR) is 151 cm³/mol. The minimum atomic E-state index is -0.801. The van der Waals surface area contributed by atoms with Crippen LogP contribution in [0.1, 0.15) is 45.7 Å². The van der Waals surface area contributed by atoms with E-state index in [2.05, 4.69) is 12.1 Å². The van der Waals surface area contributed by atoms with Crippen LogP contribution in [-0.2, 0) is 27.3 Å². The van der Waals surface area contributed by atoms with E-state index < -0.39 is 23.4 Å². The molecule has 212 valence electrons. The van der Waals surface area contributed by atoms with E-state index >= 15 is 0 Å². The maximum absolute atomic E-state index is 12.6. The number of nitro benzene ring substituents is 1. The number of rotatable bonds is 12. The number of carbonyl (C=O) groups excluding carboxylic acids is 2. The summed E-state index contributed by atoms with van der Waals surface area (Å²) in [6.45, 7) is 9.67. The zero-order chi connectivity index (χ0) is 28.5. The lowest BCUT2D eigenvalue weighted by Crippen LogP contribution is -2.49. The van der Waals surface area contributed by atoms with Crippen LogP contribution >= 0.6 is 11.8 Å². The van der Waals surface area contributed by atoms with Crippen LogP contribution in [0.5, 0.6) is 5.75 Å². The Morgan fingerprint density at radius 2 is 1.77 bits per heavy atom. The summed E-state index contributed by atoms with van der Waals surface area (Å²) in [6.07, 6.45) is -0.994. The van der Waals surface area contributed by atoms with Gasteiger partial charge in [-0.15, -0.1) is 11.8 Å². The highest BCUT2D eigenvalue weighted by atomic mass is 32.2. The van der Waals surface area contributed by atoms with Crippen LogP contribution in [0.3, 0.4) is 0 Å². The zero-order valence-corrected chi connectivity index (χ0v) is 24.0. The third kappa shape index (κ3) is 8.19. The first-order valence-corrected chi connectivity index (χ1v) is 14.4. The molecule has 0 N–H and O–H groups in total. The molecule has 1 fully saturated rings. The van der Waals surface area contributed by atoms with Crippen molar-refractivity contribution >= 4 is 29.3 Å². The van der Waals surface area contributed by atoms with Gasteiger partial charge in [-0.1, -0.05) is 57.2 Å². The van der Waals surface area contributed by atoms with Crippen molar-refractivity contribution in [2.75, 3.05) is 18.2 Å². The van der Waals surface area contributed by atoms with Crippen LogP contribution in [0.2, 0.25) is 0 Å². The highest BCUT2D eigenvalue weighted by Crippen LogP contribution is 2.38. The number of hydrogen-bond acceptors (Lipinski definition) is 8. The number of carbonyl (C=O) groups is 2. The first-order chi connectivity index (χ1) is 18.6. The highest BCUT2D eigenvalue weighted by molar-refractivity contribution is 7.99. The molecule has 10 heteroatoms. The second kappa shape index (κ2) is 14.3. The van der Waals surface area contributed by atoms with Crippen LogP contribution in [0.4, 0.5) is 10.5 Å². The Morgan fingerprint density at radius 1 is 1.05 bits per heavy atom. The van der Waals surface area contributed by atoms with Crippen molar-refractivity contribution in [3.05, 3.63) is 69.8 Å². The number of ether oxygens (including phenoxy) is 3. The number of ketones is 1. The number of thioether (sulfide) groups is 1. The fourth-order valence-corrected chi connectivity index (χ4v) is 5.55. The number of Topliss-reactive ketones (excluding diaryl/α,β-unsaturated/α-hetero) is 1. The maximum Gasteiger partial charge on any atom is 0.410 e. The number of benzene rings is 2. The summed E-state index contributed by atoms with van der Waals surface area (Å²) < 4.78 is 17.3. The van der Waals surface area contributed by atoms with Crippen LogP contribution in [0.25, 0.3) is 0 Å². The van der Waals surface area contributed by atoms with Gasteiger partial charge in [-0.05, 0) is 55.1 Å². The normalized spacial score (nSPS) is 22.6. The van der Waals surface area contributed by atoms with E-state index in [-0.39, 0.29) is 41.6 Å². The lowest BCUT2D eigenvalue weighted by atomic mass is 9.78. The standard InChI is InChI=1S/C29H38N2O7S/c1-6-30(18-39-15-14-23-10-8-7-9-11-23)29(33)36-17-24-12-13-26(25(16-24)31(34)35)37-28-21(4)19(2)20(3)27(38-28)22(5)32/h7-13,16,19-21,27-28H,6,14-15,17-18H2,1-5H3/t19-,20?,21-,27?,28?/m0/s1. The van der Waals surface area contributed by atoms with Crippen molar-refractivity contribution in [2.24, 2.45) is 17.8 Å². The number of nitro groups is 1. The number of amides is 1. The summed E-state index contributed by atoms with van der Waals surface area (Å²) in [6, 6.07) is 14.6. The molecule has 0 bridgehead atoms. The van der Waals surface area contributed by atoms with Gasteiger partial charge in [-0.25, -0.2) is 4.79 Å². The average molecular weight is 559 g/mol. The third-order valence-electron chi connectivity index (χ3n) is 7.34. The molecule has 0 aliphatic carbocycles. The Balaban J connectivity index is 1.58. The molecule has 0 spiro atoms. The molecule has 3 unspecified atom stereocenters. The van der Waals surface area contributed by atoms with E-state index in [1.165, 1.54) is 24.6 Å². The first-order valence-electron chi connectivity index (χ1n) is 13.3. The van der Waals surface area contributed by atoms with Crippen LogP contribution in [-0.4, -0.2) is 52.3 Å². The van der Waals surface area contributed by atoms with Gasteiger partial charge in [-0.2, -0.15) is 0 Å². The van der Waals surface area contributed by atoms with Crippen molar-refractivity contribution in [3.63, 3.8) is 0 Å². The van der Waals surface area contributed by atoms with E-state index in [1.807, 2.05) is 45.9 Å². The summed E-state index contributed by atoms with van der Waals surface area (Å²) >= 11 is 1.64. The monoisotopic (exact) mass is 558 g/mol. The summed E-state index contributed by atoms with van der Waals surface area (Å²) in [4.78, 5) is 37.6. The third-order valence-corrected chi connectivity index (χ3v) is 8.32. The van der Waals surface area contributed by atoms with Gasteiger partial charge in [0.1, 0.15) is 12.7 Å². The second-order valence-electron chi connectivity index (χ2n) is 9.97. The topological polar surface area (TPSA) is 108 Å². The molecule has 1 heterocycles. The number of aryl methyl sites for hydroxylation is 1. The van der Waals surface area contributed by atoms with Gasteiger partial charge in [0.25, 0.3) is 0 Å². The van der Waals surface area contributed by atoms with E-state index in [1.54, 1.807) is 22.7 Å². The van der Waals surface area contributed by atoms with Crippen LogP contribution < -0.4 is 4.74 Å². The van der Waals surface area contributed by atoms with E-state index in [0.29, 0.717) is 18.0 Å². The van der Waals surface area contributed by atoms with Gasteiger partial charge in [-0.3, -0.25) is 19.8 Å². The molecule has 3 rings (SSSR count). The van der Waals surface area contributed by atoms with Crippen LogP contribution in [0, 0.1) is 27.9 Å². The minimum Gasteiger partial charge on any atom is -0.457 e. The van der Waals surface area contributed by atoms with Crippen molar-refractivity contribution in [1.29, 1.82) is 0 Å². The quantitative estimate of drug-likeness (QED) is 0.133. The van der Waals surface area contributed by atoms with Crippen molar-refractivity contribution < 1.29 is 28.7 Å². The molecule has 2 aromatic carbocycles. The van der Waals surface area contributed by atoms with Crippen molar-refractivity contribution in [3.8, 4) is 5.75 Å². The van der Waals surface area contributed by atoms with Gasteiger partial charge >= 0.3 is 11.8 Å². The molecule has 39 heavy (non-hydrogen) atoms. The Hall–Kier alpha value is -3.11. The number of nitrogens with zero attached hydrogens (tertiary/aromatic N) is 2. The molecule has 0 radical (unpaired) electrons. The van der Waals surface area contributed by atoms with Crippen molar-refractivity contribution in [1.82, 2.24) is 4.90 Å². The van der Waals surface area contributed by atoms with Gasteiger partial charge in [0.05, 0.1) is 10.8 Å². The van der Waals surface area contributed by atoms with Crippen molar-refractivity contribution in [2.45, 2.75) is 60.0 Å². The molecule has 1 aliphatic heterocycles. The summed E-state index contributed by atoms with van der Waals surface area (Å²) in [5.74, 6) is 1.35. The lowest BCUT2D eigenvalue weighted by Gasteiger charge is -2.42. The van der Waals surface area contributed by atoms with Gasteiger partial charge in [0, 0.05) is 18.5 Å². The SMILES string of the molecule is CCN(CSCCc1ccccc1)C(=O)OCc1ccc(OC2OC(C(C)=O)C(C)[C@H](C)[C@@H]2C)c([N+](=O)[O-])c1. The molecule has 9 nitrogen and oxygen atoms in total. The Kier molecular flexibility index (Phi) is 11.2. The maximum atomic E-state index is 12.6. The van der Waals surface area contributed by atoms with E-state index in [9.17, 15) is 19.7 Å². The molecule has 1 saturated heterocycles. The molecular weight excluding hydrogens is 520 g/mol.